The molecule has 0 aliphatic carbocycles. The number of benzene rings is 4. The number of hydrogen-bond donors (Lipinski definition) is 2. The number of rotatable bonds is 12. The molecule has 260 valence electrons. The summed E-state index contributed by atoms with van der Waals surface area (Å²) in [6.07, 6.45) is 0. The molecule has 4 aromatic rings. The molecule has 19 nitrogen and oxygen atoms in total. The first-order valence-corrected chi connectivity index (χ1v) is 16.2. The Hall–Kier alpha value is -2.29. The van der Waals surface area contributed by atoms with Crippen molar-refractivity contribution in [1.29, 1.82) is 0 Å². The van der Waals surface area contributed by atoms with Crippen molar-refractivity contribution in [3.63, 3.8) is 0 Å². The molecule has 54 heavy (non-hydrogen) atoms. The molecule has 0 amide bonds. The van der Waals surface area contributed by atoms with E-state index in [2.05, 4.69) is 30.8 Å². The van der Waals surface area contributed by atoms with Crippen LogP contribution in [0.25, 0.3) is 0 Å². The van der Waals surface area contributed by atoms with Gasteiger partial charge < -0.3 is 44.3 Å². The number of nitrogens with one attached hydrogen (secondary N) is 1. The second-order valence-corrected chi connectivity index (χ2v) is 12.4. The van der Waals surface area contributed by atoms with E-state index in [4.69, 9.17) is 9.47 Å². The number of carboxylic acids is 2. The Balaban J connectivity index is 0.00000702. The molecule has 0 heterocycles. The topological polar surface area (TPSA) is 307 Å². The molecule has 0 aromatic heterocycles. The Morgan fingerprint density at radius 1 is 0.630 bits per heavy atom. The number of hydrogen-bond acceptors (Lipinski definition) is 17. The van der Waals surface area contributed by atoms with Gasteiger partial charge in [-0.15, -0.1) is 0 Å². The summed E-state index contributed by atoms with van der Waals surface area (Å²) in [5, 5.41) is 53.1. The number of carboxylic acid groups (broad SMARTS) is 2. The Morgan fingerprint density at radius 3 is 1.54 bits per heavy atom. The number of amidine groups is 1. The van der Waals surface area contributed by atoms with Gasteiger partial charge in [0.05, 0.1) is 70.4 Å². The van der Waals surface area contributed by atoms with Crippen LogP contribution in [-0.4, -0.2) is 58.1 Å². The molecule has 0 fully saturated rings. The van der Waals surface area contributed by atoms with Crippen molar-refractivity contribution >= 4 is 72.3 Å². The van der Waals surface area contributed by atoms with Gasteiger partial charge in [-0.1, -0.05) is 0 Å². The van der Waals surface area contributed by atoms with E-state index in [1.54, 1.807) is 0 Å². The molecular formula is C29H20N6Na4O13S2. The van der Waals surface area contributed by atoms with E-state index in [0.29, 0.717) is 12.1 Å². The maximum atomic E-state index is 12.8. The first-order valence-electron chi connectivity index (χ1n) is 13.4. The Morgan fingerprint density at radius 2 is 1.07 bits per heavy atom. The molecule has 0 unspecified atom stereocenters. The molecule has 4 rings (SSSR count). The molecule has 0 spiro atoms. The van der Waals surface area contributed by atoms with Crippen molar-refractivity contribution in [2.45, 2.75) is 9.79 Å². The van der Waals surface area contributed by atoms with Crippen LogP contribution in [0.3, 0.4) is 0 Å². The first kappa shape index (κ1) is 51.7. The molecule has 0 aliphatic heterocycles. The Bertz CT molecular complexity index is 2330. The van der Waals surface area contributed by atoms with Gasteiger partial charge >= 0.3 is 118 Å². The minimum atomic E-state index is -5.02. The third-order valence-corrected chi connectivity index (χ3v) is 7.86. The van der Waals surface area contributed by atoms with Crippen molar-refractivity contribution in [2.24, 2.45) is 25.4 Å². The number of aliphatic imine (C=N–C) groups is 1. The SMILES string of the molecule is COc1cc(N=Nc2cc(C(=O)[O-])cc(S(=O)(=O)[O-])c2)ccc1N=C([O-])Nc1ccc(N=Nc2cc(C(=O)[O-])cc(S(=O)(=O)O)c2)cc1OC.[Na+].[Na+].[Na+].[Na+]. The summed E-state index contributed by atoms with van der Waals surface area (Å²) >= 11 is 0. The smallest absolute Gasteiger partial charge is 0.846 e. The van der Waals surface area contributed by atoms with Gasteiger partial charge in [-0.3, -0.25) is 4.55 Å². The summed E-state index contributed by atoms with van der Waals surface area (Å²) in [6.45, 7) is 0. The number of anilines is 1. The molecule has 2 N–H and O–H groups in total. The second kappa shape index (κ2) is 22.5. The van der Waals surface area contributed by atoms with Crippen LogP contribution in [0.1, 0.15) is 20.7 Å². The van der Waals surface area contributed by atoms with Gasteiger partial charge in [-0.05, 0) is 60.7 Å². The van der Waals surface area contributed by atoms with Gasteiger partial charge in [0.2, 0.25) is 0 Å². The van der Waals surface area contributed by atoms with E-state index in [1.807, 2.05) is 0 Å². The Labute approximate surface area is 396 Å². The van der Waals surface area contributed by atoms with Gasteiger partial charge in [0.15, 0.2) is 0 Å². The summed E-state index contributed by atoms with van der Waals surface area (Å²) in [5.74, 6) is -3.32. The minimum Gasteiger partial charge on any atom is -0.846 e. The number of ether oxygens (including phenoxy) is 2. The standard InChI is InChI=1S/C29H24N6O13S2.4Na/c1-47-25-13-17(32-34-19-7-15(27(36)37)9-21(11-19)49(41,42)43)3-5-23(25)30-29(40)31-24-6-4-18(14-26(24)48-2)33-35-20-8-16(28(38)39)10-22(12-20)50(44,45)46;;;;/h3-14H,1-2H3,(H,36,37)(H,38,39)(H2,30,31,40)(H,41,42,43)(H,44,45,46);;;;/q;4*+1/p-4. The summed E-state index contributed by atoms with van der Waals surface area (Å²) < 4.78 is 77.0. The van der Waals surface area contributed by atoms with E-state index in [0.717, 1.165) is 24.3 Å². The molecule has 0 bridgehead atoms. The summed E-state index contributed by atoms with van der Waals surface area (Å²) in [4.78, 5) is 24.8. The molecule has 0 radical (unpaired) electrons. The summed E-state index contributed by atoms with van der Waals surface area (Å²) in [6, 6.07) is 12.2. The third-order valence-electron chi connectivity index (χ3n) is 6.21. The second-order valence-electron chi connectivity index (χ2n) is 9.62. The fraction of sp³-hybridized carbons (Fsp3) is 0.0690. The fourth-order valence-corrected chi connectivity index (χ4v) is 5.04. The van der Waals surface area contributed by atoms with Crippen LogP contribution < -0.4 is 148 Å². The van der Waals surface area contributed by atoms with Crippen LogP contribution in [0.4, 0.5) is 34.1 Å². The zero-order valence-corrected chi connectivity index (χ0v) is 39.0. The van der Waals surface area contributed by atoms with E-state index in [1.165, 1.54) is 50.6 Å². The average molecular weight is 817 g/mol. The van der Waals surface area contributed by atoms with E-state index in [-0.39, 0.29) is 164 Å². The van der Waals surface area contributed by atoms with Gasteiger partial charge in [-0.2, -0.15) is 28.9 Å². The van der Waals surface area contributed by atoms with Crippen molar-refractivity contribution in [2.75, 3.05) is 19.5 Å². The molecule has 0 atom stereocenters. The molecule has 25 heteroatoms. The summed E-state index contributed by atoms with van der Waals surface area (Å²) in [5.41, 5.74) is -1.27. The fourth-order valence-electron chi connectivity index (χ4n) is 3.96. The maximum Gasteiger partial charge on any atom is 1.00 e. The van der Waals surface area contributed by atoms with Crippen molar-refractivity contribution in [3.05, 3.63) is 83.9 Å². The van der Waals surface area contributed by atoms with Gasteiger partial charge in [0.25, 0.3) is 10.1 Å². The third kappa shape index (κ3) is 14.7. The van der Waals surface area contributed by atoms with Crippen LogP contribution >= 0.6 is 0 Å². The Kier molecular flexibility index (Phi) is 21.5. The van der Waals surface area contributed by atoms with Crippen LogP contribution in [0.2, 0.25) is 0 Å². The number of nitrogens with zero attached hydrogens (tertiary/aromatic N) is 5. The number of aromatic carboxylic acids is 2. The van der Waals surface area contributed by atoms with E-state index >= 15 is 0 Å². The van der Waals surface area contributed by atoms with Crippen LogP contribution in [-0.2, 0) is 20.2 Å². The molecule has 0 saturated carbocycles. The normalized spacial score (nSPS) is 11.4. The number of azo groups is 2. The molecular weight excluding hydrogens is 796 g/mol. The first-order chi connectivity index (χ1) is 23.5. The number of carbonyl (C=O) groups is 2. The van der Waals surface area contributed by atoms with Crippen molar-refractivity contribution < 1.29 is 179 Å². The van der Waals surface area contributed by atoms with Crippen molar-refractivity contribution in [1.82, 2.24) is 0 Å². The van der Waals surface area contributed by atoms with E-state index < -0.39 is 59.1 Å². The van der Waals surface area contributed by atoms with Gasteiger partial charge in [0.1, 0.15) is 27.3 Å². The number of methoxy groups -OCH3 is 2. The predicted octanol–water partition coefficient (Wildman–Crippen LogP) is -10.1. The average Bonchev–Trinajstić information content (AvgIpc) is 3.06. The molecule has 0 saturated heterocycles. The van der Waals surface area contributed by atoms with Crippen LogP contribution in [0.15, 0.2) is 108 Å². The summed E-state index contributed by atoms with van der Waals surface area (Å²) in [7, 11) is -7.22. The van der Waals surface area contributed by atoms with Crippen LogP contribution in [0, 0.1) is 0 Å². The largest absolute Gasteiger partial charge is 1.00 e. The maximum absolute atomic E-state index is 12.8. The van der Waals surface area contributed by atoms with Gasteiger partial charge in [-0.25, -0.2) is 13.4 Å². The predicted molar refractivity (Wildman–Crippen MR) is 164 cm³/mol. The van der Waals surface area contributed by atoms with Crippen molar-refractivity contribution in [3.8, 4) is 11.5 Å². The monoisotopic (exact) mass is 816 g/mol. The zero-order chi connectivity index (χ0) is 36.8. The number of carbonyl (C=O) groups excluding carboxylic acids is 2. The molecule has 0 aliphatic rings. The minimum absolute atomic E-state index is 0. The molecule has 4 aromatic carbocycles. The quantitative estimate of drug-likeness (QED) is 0.0441. The van der Waals surface area contributed by atoms with E-state index in [9.17, 15) is 50.8 Å². The van der Waals surface area contributed by atoms with Gasteiger partial charge in [0, 0.05) is 23.3 Å². The van der Waals surface area contributed by atoms with Crippen LogP contribution in [0.5, 0.6) is 11.5 Å². The zero-order valence-electron chi connectivity index (χ0n) is 29.3.